The van der Waals surface area contributed by atoms with Crippen molar-refractivity contribution < 1.29 is 22.7 Å². The van der Waals surface area contributed by atoms with E-state index < -0.39 is 11.7 Å². The van der Waals surface area contributed by atoms with Crippen molar-refractivity contribution >= 4 is 17.3 Å². The number of ether oxygens (including phenoxy) is 1. The summed E-state index contributed by atoms with van der Waals surface area (Å²) in [5, 5.41) is 2.69. The zero-order valence-electron chi connectivity index (χ0n) is 13.8. The van der Waals surface area contributed by atoms with E-state index in [9.17, 15) is 18.0 Å². The summed E-state index contributed by atoms with van der Waals surface area (Å²) in [4.78, 5) is 14.2. The maximum atomic E-state index is 13.1. The van der Waals surface area contributed by atoms with E-state index in [1.54, 1.807) is 0 Å². The van der Waals surface area contributed by atoms with E-state index >= 15 is 0 Å². The lowest BCUT2D eigenvalue weighted by atomic mass is 10.0. The minimum Gasteiger partial charge on any atom is -0.378 e. The van der Waals surface area contributed by atoms with Crippen LogP contribution < -0.4 is 10.2 Å². The van der Waals surface area contributed by atoms with Crippen LogP contribution in [0.1, 0.15) is 24.8 Å². The van der Waals surface area contributed by atoms with Gasteiger partial charge in [0.05, 0.1) is 30.2 Å². The Balaban J connectivity index is 1.81. The molecule has 1 unspecified atom stereocenters. The number of nitrogens with one attached hydrogen (secondary N) is 1. The second-order valence-corrected chi connectivity index (χ2v) is 6.35. The lowest BCUT2D eigenvalue weighted by molar-refractivity contribution is -0.137. The molecule has 4 nitrogen and oxygen atoms in total. The summed E-state index contributed by atoms with van der Waals surface area (Å²) in [7, 11) is 0. The molecule has 1 aromatic rings. The van der Waals surface area contributed by atoms with E-state index in [4.69, 9.17) is 4.74 Å². The van der Waals surface area contributed by atoms with Crippen LogP contribution in [0, 0.1) is 5.92 Å². The van der Waals surface area contributed by atoms with E-state index in [0.29, 0.717) is 32.0 Å². The van der Waals surface area contributed by atoms with Crippen molar-refractivity contribution in [3.8, 4) is 0 Å². The fourth-order valence-electron chi connectivity index (χ4n) is 3.20. The molecule has 7 heteroatoms. The predicted molar refractivity (Wildman–Crippen MR) is 89.6 cm³/mol. The molecule has 1 heterocycles. The number of rotatable bonds is 4. The Morgan fingerprint density at radius 2 is 2.04 bits per heavy atom. The van der Waals surface area contributed by atoms with Gasteiger partial charge in [-0.2, -0.15) is 13.2 Å². The number of carbonyl (C=O) groups excluding carboxylic acids is 1. The molecule has 2 aliphatic rings. The molecule has 1 saturated heterocycles. The fraction of sp³-hybridized carbons (Fsp3) is 0.500. The average molecular weight is 354 g/mol. The third-order valence-corrected chi connectivity index (χ3v) is 4.51. The molecule has 1 aliphatic heterocycles. The molecule has 1 amide bonds. The van der Waals surface area contributed by atoms with Crippen LogP contribution in [-0.4, -0.2) is 32.2 Å². The maximum Gasteiger partial charge on any atom is 0.416 e. The molecule has 136 valence electrons. The Kier molecular flexibility index (Phi) is 5.32. The number of anilines is 2. The first-order valence-electron chi connectivity index (χ1n) is 8.44. The van der Waals surface area contributed by atoms with Gasteiger partial charge in [0.25, 0.3) is 0 Å². The molecule has 0 bridgehead atoms. The Morgan fingerprint density at radius 3 is 2.68 bits per heavy atom. The van der Waals surface area contributed by atoms with Crippen LogP contribution in [-0.2, 0) is 15.7 Å². The summed E-state index contributed by atoms with van der Waals surface area (Å²) in [6.45, 7) is 2.20. The lowest BCUT2D eigenvalue weighted by Gasteiger charge is -2.31. The highest BCUT2D eigenvalue weighted by Crippen LogP contribution is 2.36. The Labute approximate surface area is 144 Å². The summed E-state index contributed by atoms with van der Waals surface area (Å²) < 4.78 is 44.4. The zero-order valence-corrected chi connectivity index (χ0v) is 13.8. The Hall–Kier alpha value is -2.02. The second kappa shape index (κ2) is 7.47. The summed E-state index contributed by atoms with van der Waals surface area (Å²) in [5.41, 5.74) is 0.0517. The van der Waals surface area contributed by atoms with Crippen molar-refractivity contribution in [1.29, 1.82) is 0 Å². The van der Waals surface area contributed by atoms with Gasteiger partial charge in [-0.05, 0) is 37.0 Å². The van der Waals surface area contributed by atoms with E-state index in [-0.39, 0.29) is 23.9 Å². The molecule has 3 rings (SSSR count). The van der Waals surface area contributed by atoms with E-state index in [1.165, 1.54) is 6.07 Å². The number of allylic oxidation sites excluding steroid dienone is 2. The van der Waals surface area contributed by atoms with Crippen LogP contribution in [0.25, 0.3) is 0 Å². The van der Waals surface area contributed by atoms with E-state index in [0.717, 1.165) is 25.0 Å². The second-order valence-electron chi connectivity index (χ2n) is 6.35. The van der Waals surface area contributed by atoms with Crippen LogP contribution in [0.2, 0.25) is 0 Å². The van der Waals surface area contributed by atoms with Crippen molar-refractivity contribution in [3.05, 3.63) is 35.9 Å². The van der Waals surface area contributed by atoms with Gasteiger partial charge in [-0.25, -0.2) is 0 Å². The molecule has 0 radical (unpaired) electrons. The molecule has 1 N–H and O–H groups in total. The van der Waals surface area contributed by atoms with E-state index in [1.807, 2.05) is 17.1 Å². The van der Waals surface area contributed by atoms with Crippen LogP contribution in [0.4, 0.5) is 24.5 Å². The molecule has 1 aliphatic carbocycles. The molecule has 1 fully saturated rings. The van der Waals surface area contributed by atoms with Gasteiger partial charge in [-0.15, -0.1) is 0 Å². The van der Waals surface area contributed by atoms with E-state index in [2.05, 4.69) is 5.32 Å². The van der Waals surface area contributed by atoms with Crippen LogP contribution in [0.15, 0.2) is 30.4 Å². The number of nitrogens with zero attached hydrogens (tertiary/aromatic N) is 1. The molecule has 1 aromatic carbocycles. The van der Waals surface area contributed by atoms with Gasteiger partial charge in [0, 0.05) is 19.5 Å². The number of halogens is 3. The van der Waals surface area contributed by atoms with Crippen molar-refractivity contribution in [2.45, 2.75) is 25.4 Å². The topological polar surface area (TPSA) is 41.6 Å². The minimum absolute atomic E-state index is 0.164. The van der Waals surface area contributed by atoms with Gasteiger partial charge < -0.3 is 15.0 Å². The summed E-state index contributed by atoms with van der Waals surface area (Å²) in [6, 6.07) is 3.51. The first-order valence-corrected chi connectivity index (χ1v) is 8.44. The normalized spacial score (nSPS) is 20.8. The first-order chi connectivity index (χ1) is 11.9. The highest BCUT2D eigenvalue weighted by molar-refractivity contribution is 5.94. The smallest absolute Gasteiger partial charge is 0.378 e. The van der Waals surface area contributed by atoms with Gasteiger partial charge in [0.2, 0.25) is 5.91 Å². The average Bonchev–Trinajstić information content (AvgIpc) is 3.07. The molecule has 25 heavy (non-hydrogen) atoms. The fourth-order valence-corrected chi connectivity index (χ4v) is 3.20. The molecule has 0 aromatic heterocycles. The number of carbonyl (C=O) groups is 1. The van der Waals surface area contributed by atoms with Crippen LogP contribution >= 0.6 is 0 Å². The largest absolute Gasteiger partial charge is 0.416 e. The summed E-state index contributed by atoms with van der Waals surface area (Å²) in [5.74, 6) is -0.0944. The third kappa shape index (κ3) is 4.54. The number of morpholine rings is 1. The predicted octanol–water partition coefficient (Wildman–Crippen LogP) is 3.84. The standard InChI is InChI=1S/C18H21F3N2O2/c19-18(20,21)14-5-6-16(23-7-9-25-10-8-23)15(12-14)22-17(24)11-13-3-1-2-4-13/h1,3,5-6,12-13H,2,4,7-11H2,(H,22,24). The van der Waals surface area contributed by atoms with Crippen molar-refractivity contribution in [2.24, 2.45) is 5.92 Å². The Morgan fingerprint density at radius 1 is 1.28 bits per heavy atom. The number of hydrogen-bond acceptors (Lipinski definition) is 3. The van der Waals surface area contributed by atoms with Crippen molar-refractivity contribution in [3.63, 3.8) is 0 Å². The molecule has 1 atom stereocenters. The first kappa shape index (κ1) is 17.8. The summed E-state index contributed by atoms with van der Waals surface area (Å²) >= 11 is 0. The summed E-state index contributed by atoms with van der Waals surface area (Å²) in [6.07, 6.45) is 1.72. The van der Waals surface area contributed by atoms with Crippen molar-refractivity contribution in [2.75, 3.05) is 36.5 Å². The SMILES string of the molecule is O=C(CC1C=CCC1)Nc1cc(C(F)(F)F)ccc1N1CCOCC1. The molecule has 0 spiro atoms. The van der Waals surface area contributed by atoms with Gasteiger partial charge in [-0.1, -0.05) is 12.2 Å². The van der Waals surface area contributed by atoms with Crippen LogP contribution in [0.5, 0.6) is 0 Å². The van der Waals surface area contributed by atoms with Gasteiger partial charge in [0.15, 0.2) is 0 Å². The molecule has 0 saturated carbocycles. The van der Waals surface area contributed by atoms with Crippen LogP contribution in [0.3, 0.4) is 0 Å². The lowest BCUT2D eigenvalue weighted by Crippen LogP contribution is -2.37. The van der Waals surface area contributed by atoms with Gasteiger partial charge in [0.1, 0.15) is 0 Å². The number of benzene rings is 1. The third-order valence-electron chi connectivity index (χ3n) is 4.51. The molecular formula is C18H21F3N2O2. The van der Waals surface area contributed by atoms with Gasteiger partial charge >= 0.3 is 6.18 Å². The number of hydrogen-bond donors (Lipinski definition) is 1. The quantitative estimate of drug-likeness (QED) is 0.836. The minimum atomic E-state index is -4.45. The van der Waals surface area contributed by atoms with Gasteiger partial charge in [-0.3, -0.25) is 4.79 Å². The monoisotopic (exact) mass is 354 g/mol. The highest BCUT2D eigenvalue weighted by Gasteiger charge is 2.32. The zero-order chi connectivity index (χ0) is 17.9. The number of alkyl halides is 3. The van der Waals surface area contributed by atoms with Crippen molar-refractivity contribution in [1.82, 2.24) is 0 Å². The Bertz CT molecular complexity index is 652. The highest BCUT2D eigenvalue weighted by atomic mass is 19.4. The maximum absolute atomic E-state index is 13.1. The number of amides is 1. The molecular weight excluding hydrogens is 333 g/mol.